The van der Waals surface area contributed by atoms with Crippen LogP contribution in [-0.4, -0.2) is 67.7 Å². The number of unbranched alkanes of at least 4 members (excludes halogenated alkanes) is 1. The van der Waals surface area contributed by atoms with Crippen LogP contribution in [0.1, 0.15) is 42.9 Å². The van der Waals surface area contributed by atoms with E-state index in [-0.39, 0.29) is 39.1 Å². The number of nitrogens with two attached hydrogens (primary N) is 1. The first-order valence-corrected chi connectivity index (χ1v) is 16.3. The molecule has 49 heavy (non-hydrogen) atoms. The van der Waals surface area contributed by atoms with Crippen LogP contribution in [0.4, 0.5) is 9.59 Å². The van der Waals surface area contributed by atoms with Crippen LogP contribution >= 0.6 is 0 Å². The zero-order chi connectivity index (χ0) is 35.3. The summed E-state index contributed by atoms with van der Waals surface area (Å²) < 4.78 is 10.4. The summed E-state index contributed by atoms with van der Waals surface area (Å²) in [6, 6.07) is 24.5. The molecule has 3 atom stereocenters. The van der Waals surface area contributed by atoms with E-state index in [1.165, 1.54) is 6.92 Å². The Kier molecular flexibility index (Phi) is 16.6. The molecule has 0 heterocycles. The van der Waals surface area contributed by atoms with Crippen molar-refractivity contribution in [3.63, 3.8) is 0 Å². The van der Waals surface area contributed by atoms with E-state index in [4.69, 9.17) is 15.2 Å². The molecule has 0 aliphatic heterocycles. The first-order valence-electron chi connectivity index (χ1n) is 16.3. The number of hydrogen-bond acceptors (Lipinski definition) is 8. The van der Waals surface area contributed by atoms with Crippen molar-refractivity contribution in [2.45, 2.75) is 63.9 Å². The lowest BCUT2D eigenvalue weighted by molar-refractivity contribution is -0.132. The largest absolute Gasteiger partial charge is 0.445 e. The molecule has 0 aliphatic carbocycles. The fourth-order valence-electron chi connectivity index (χ4n) is 4.66. The van der Waals surface area contributed by atoms with Crippen molar-refractivity contribution < 1.29 is 33.4 Å². The Morgan fingerprint density at radius 3 is 1.69 bits per heavy atom. The van der Waals surface area contributed by atoms with E-state index >= 15 is 0 Å². The van der Waals surface area contributed by atoms with Crippen LogP contribution < -0.4 is 32.3 Å². The molecule has 0 unspecified atom stereocenters. The first-order chi connectivity index (χ1) is 23.7. The smallest absolute Gasteiger partial charge is 0.408 e. The number of benzene rings is 3. The zero-order valence-electron chi connectivity index (χ0n) is 27.7. The van der Waals surface area contributed by atoms with Gasteiger partial charge >= 0.3 is 12.2 Å². The first kappa shape index (κ1) is 38.0. The van der Waals surface area contributed by atoms with Crippen molar-refractivity contribution in [3.8, 4) is 0 Å². The van der Waals surface area contributed by atoms with Crippen LogP contribution in [0.25, 0.3) is 0 Å². The van der Waals surface area contributed by atoms with Crippen molar-refractivity contribution in [2.75, 3.05) is 19.6 Å². The molecule has 0 radical (unpaired) electrons. The van der Waals surface area contributed by atoms with Gasteiger partial charge in [-0.25, -0.2) is 9.59 Å². The Hall–Kier alpha value is -5.43. The SMILES string of the molecule is C[C@@H](NC(=O)OCc1ccccc1)C(=O)N[C@@H](Cc1ccccc1)C(=O)N[C@@H](CCCCNC(=O)OCc1ccccc1)C(=O)NCCN. The molecule has 0 saturated heterocycles. The Morgan fingerprint density at radius 1 is 0.592 bits per heavy atom. The van der Waals surface area contributed by atoms with Crippen molar-refractivity contribution >= 4 is 29.9 Å². The molecule has 5 amide bonds. The maximum atomic E-state index is 13.6. The van der Waals surface area contributed by atoms with E-state index in [2.05, 4.69) is 26.6 Å². The maximum absolute atomic E-state index is 13.6. The number of amides is 5. The molecule has 0 aromatic heterocycles. The van der Waals surface area contributed by atoms with Crippen LogP contribution in [0.2, 0.25) is 0 Å². The highest BCUT2D eigenvalue weighted by atomic mass is 16.6. The van der Waals surface area contributed by atoms with Crippen LogP contribution in [0.3, 0.4) is 0 Å². The second-order valence-electron chi connectivity index (χ2n) is 11.3. The third kappa shape index (κ3) is 14.9. The summed E-state index contributed by atoms with van der Waals surface area (Å²) in [7, 11) is 0. The standard InChI is InChI=1S/C36H46N6O7/c1-26(40-36(47)49-25-29-17-9-4-10-18-29)32(43)42-31(23-27-13-5-2-6-14-27)34(45)41-30(33(44)38-22-20-37)19-11-12-21-39-35(46)48-24-28-15-7-3-8-16-28/h2-10,13-18,26,30-31H,11-12,19-25,37H2,1H3,(H,38,44)(H,39,46)(H,40,47)(H,41,45)(H,42,43)/t26-,30+,31+/m1/s1. The average Bonchev–Trinajstić information content (AvgIpc) is 3.12. The second-order valence-corrected chi connectivity index (χ2v) is 11.3. The molecule has 262 valence electrons. The van der Waals surface area contributed by atoms with Crippen LogP contribution in [0.15, 0.2) is 91.0 Å². The molecule has 0 spiro atoms. The van der Waals surface area contributed by atoms with Crippen LogP contribution in [0, 0.1) is 0 Å². The van der Waals surface area contributed by atoms with Crippen molar-refractivity contribution in [1.82, 2.24) is 26.6 Å². The average molecular weight is 675 g/mol. The Morgan fingerprint density at radius 2 is 1.12 bits per heavy atom. The summed E-state index contributed by atoms with van der Waals surface area (Å²) in [5.41, 5.74) is 8.00. The Labute approximate surface area is 286 Å². The highest BCUT2D eigenvalue weighted by Crippen LogP contribution is 2.08. The van der Waals surface area contributed by atoms with Gasteiger partial charge in [-0.2, -0.15) is 0 Å². The van der Waals surface area contributed by atoms with Gasteiger partial charge in [-0.3, -0.25) is 14.4 Å². The van der Waals surface area contributed by atoms with Gasteiger partial charge in [0.1, 0.15) is 31.3 Å². The third-order valence-electron chi connectivity index (χ3n) is 7.33. The van der Waals surface area contributed by atoms with Gasteiger partial charge in [-0.05, 0) is 42.9 Å². The lowest BCUT2D eigenvalue weighted by Gasteiger charge is -2.24. The monoisotopic (exact) mass is 674 g/mol. The summed E-state index contributed by atoms with van der Waals surface area (Å²) >= 11 is 0. The van der Waals surface area contributed by atoms with E-state index in [0.29, 0.717) is 19.4 Å². The van der Waals surface area contributed by atoms with Gasteiger partial charge < -0.3 is 41.8 Å². The third-order valence-corrected chi connectivity index (χ3v) is 7.33. The molecule has 0 saturated carbocycles. The number of carbonyl (C=O) groups is 5. The van der Waals surface area contributed by atoms with Gasteiger partial charge in [0, 0.05) is 26.1 Å². The summed E-state index contributed by atoms with van der Waals surface area (Å²) in [6.45, 7) is 2.40. The molecule has 0 aliphatic rings. The summed E-state index contributed by atoms with van der Waals surface area (Å²) in [5.74, 6) is -1.61. The van der Waals surface area contributed by atoms with Gasteiger partial charge in [-0.1, -0.05) is 91.0 Å². The summed E-state index contributed by atoms with van der Waals surface area (Å²) in [5, 5.41) is 13.4. The molecule has 13 heteroatoms. The molecular formula is C36H46N6O7. The lowest BCUT2D eigenvalue weighted by atomic mass is 10.0. The minimum atomic E-state index is -1.06. The van der Waals surface area contributed by atoms with E-state index < -0.39 is 48.0 Å². The number of alkyl carbamates (subject to hydrolysis) is 2. The summed E-state index contributed by atoms with van der Waals surface area (Å²) in [6.07, 6.45) is 0.0654. The molecule has 7 N–H and O–H groups in total. The molecule has 3 aromatic rings. The predicted octanol–water partition coefficient (Wildman–Crippen LogP) is 2.69. The summed E-state index contributed by atoms with van der Waals surface area (Å²) in [4.78, 5) is 64.2. The van der Waals surface area contributed by atoms with Crippen molar-refractivity contribution in [2.24, 2.45) is 5.73 Å². The van der Waals surface area contributed by atoms with Gasteiger partial charge in [0.15, 0.2) is 0 Å². The lowest BCUT2D eigenvalue weighted by Crippen LogP contribution is -2.57. The predicted molar refractivity (Wildman–Crippen MR) is 184 cm³/mol. The highest BCUT2D eigenvalue weighted by Gasteiger charge is 2.28. The fourth-order valence-corrected chi connectivity index (χ4v) is 4.66. The molecule has 0 fully saturated rings. The quantitative estimate of drug-likeness (QED) is 0.105. The minimum Gasteiger partial charge on any atom is -0.445 e. The van der Waals surface area contributed by atoms with E-state index in [0.717, 1.165) is 16.7 Å². The van der Waals surface area contributed by atoms with Gasteiger partial charge in [-0.15, -0.1) is 0 Å². The van der Waals surface area contributed by atoms with E-state index in [1.54, 1.807) is 12.1 Å². The van der Waals surface area contributed by atoms with Crippen LogP contribution in [-0.2, 0) is 43.5 Å². The minimum absolute atomic E-state index is 0.0298. The number of nitrogens with one attached hydrogen (secondary N) is 5. The van der Waals surface area contributed by atoms with Gasteiger partial charge in [0.25, 0.3) is 0 Å². The highest BCUT2D eigenvalue weighted by molar-refractivity contribution is 5.93. The molecule has 13 nitrogen and oxygen atoms in total. The van der Waals surface area contributed by atoms with Gasteiger partial charge in [0.05, 0.1) is 0 Å². The Bertz CT molecular complexity index is 1460. The number of carbonyl (C=O) groups excluding carboxylic acids is 5. The molecular weight excluding hydrogens is 628 g/mol. The Balaban J connectivity index is 1.56. The zero-order valence-corrected chi connectivity index (χ0v) is 27.7. The normalized spacial score (nSPS) is 12.4. The second kappa shape index (κ2) is 21.4. The van der Waals surface area contributed by atoms with E-state index in [1.807, 2.05) is 78.9 Å². The molecule has 3 aromatic carbocycles. The fraction of sp³-hybridized carbons (Fsp3) is 0.361. The van der Waals surface area contributed by atoms with E-state index in [9.17, 15) is 24.0 Å². The number of ether oxygens (including phenoxy) is 2. The van der Waals surface area contributed by atoms with Crippen LogP contribution in [0.5, 0.6) is 0 Å². The number of rotatable bonds is 19. The molecule has 0 bridgehead atoms. The maximum Gasteiger partial charge on any atom is 0.408 e. The molecule has 3 rings (SSSR count). The van der Waals surface area contributed by atoms with Gasteiger partial charge in [0.2, 0.25) is 17.7 Å². The van der Waals surface area contributed by atoms with Crippen molar-refractivity contribution in [3.05, 3.63) is 108 Å². The van der Waals surface area contributed by atoms with Crippen molar-refractivity contribution in [1.29, 1.82) is 0 Å². The topological polar surface area (TPSA) is 190 Å². The number of hydrogen-bond donors (Lipinski definition) is 6.